The Kier molecular flexibility index (Phi) is 6.83. The summed E-state index contributed by atoms with van der Waals surface area (Å²) in [5.41, 5.74) is 4.93. The number of amides is 1. The summed E-state index contributed by atoms with van der Waals surface area (Å²) in [7, 11) is 0. The summed E-state index contributed by atoms with van der Waals surface area (Å²) in [5.74, 6) is 0.367. The molecule has 0 spiro atoms. The van der Waals surface area contributed by atoms with E-state index in [1.54, 1.807) is 12.1 Å². The number of nitrogens with zero attached hydrogens (tertiary/aromatic N) is 1. The van der Waals surface area contributed by atoms with E-state index in [1.807, 2.05) is 38.1 Å². The molecule has 0 saturated carbocycles. The van der Waals surface area contributed by atoms with Crippen molar-refractivity contribution in [1.82, 2.24) is 5.43 Å². The van der Waals surface area contributed by atoms with Gasteiger partial charge >= 0.3 is 0 Å². The van der Waals surface area contributed by atoms with Crippen LogP contribution in [0, 0.1) is 6.92 Å². The van der Waals surface area contributed by atoms with Gasteiger partial charge in [-0.2, -0.15) is 5.10 Å². The van der Waals surface area contributed by atoms with E-state index < -0.39 is 0 Å². The van der Waals surface area contributed by atoms with Crippen molar-refractivity contribution in [2.45, 2.75) is 20.3 Å². The second-order valence-corrected chi connectivity index (χ2v) is 5.58. The molecule has 3 N–H and O–H groups in total. The first kappa shape index (κ1) is 18.3. The third-order valence-electron chi connectivity index (χ3n) is 3.37. The van der Waals surface area contributed by atoms with E-state index >= 15 is 0 Å². The molecule has 0 unspecified atom stereocenters. The van der Waals surface area contributed by atoms with Crippen molar-refractivity contribution in [2.75, 3.05) is 18.5 Å². The van der Waals surface area contributed by atoms with Gasteiger partial charge in [0.1, 0.15) is 11.5 Å². The molecule has 2 rings (SSSR count). The van der Waals surface area contributed by atoms with Gasteiger partial charge in [0.25, 0.3) is 5.91 Å². The number of benzene rings is 2. The fraction of sp³-hybridized carbons (Fsp3) is 0.263. The number of carbonyl (C=O) groups excluding carboxylic acids is 1. The molecule has 0 aliphatic rings. The maximum Gasteiger partial charge on any atom is 0.259 e. The van der Waals surface area contributed by atoms with Crippen LogP contribution in [0.15, 0.2) is 47.6 Å². The van der Waals surface area contributed by atoms with Crippen molar-refractivity contribution in [3.8, 4) is 11.5 Å². The number of nitrogens with one attached hydrogen (secondary N) is 2. The zero-order chi connectivity index (χ0) is 18.1. The van der Waals surface area contributed by atoms with Crippen molar-refractivity contribution in [3.63, 3.8) is 0 Å². The number of hydrazone groups is 1. The number of hydrogen-bond donors (Lipinski definition) is 3. The molecule has 0 aliphatic heterocycles. The van der Waals surface area contributed by atoms with Crippen LogP contribution in [0.4, 0.5) is 5.69 Å². The second-order valence-electron chi connectivity index (χ2n) is 5.58. The molecule has 0 radical (unpaired) electrons. The molecule has 1 amide bonds. The predicted molar refractivity (Wildman–Crippen MR) is 99.3 cm³/mol. The third kappa shape index (κ3) is 6.18. The Morgan fingerprint density at radius 2 is 2.00 bits per heavy atom. The molecule has 132 valence electrons. The monoisotopic (exact) mass is 341 g/mol. The molecular weight excluding hydrogens is 318 g/mol. The molecule has 2 aromatic carbocycles. The van der Waals surface area contributed by atoms with Crippen molar-refractivity contribution in [1.29, 1.82) is 0 Å². The Balaban J connectivity index is 1.81. The van der Waals surface area contributed by atoms with Crippen LogP contribution >= 0.6 is 0 Å². The molecule has 2 aromatic rings. The zero-order valence-electron chi connectivity index (χ0n) is 14.5. The van der Waals surface area contributed by atoms with Gasteiger partial charge in [-0.3, -0.25) is 4.79 Å². The summed E-state index contributed by atoms with van der Waals surface area (Å²) >= 11 is 0. The summed E-state index contributed by atoms with van der Waals surface area (Å²) in [4.78, 5) is 11.8. The van der Waals surface area contributed by atoms with E-state index in [1.165, 1.54) is 12.3 Å². The van der Waals surface area contributed by atoms with Crippen LogP contribution in [0.1, 0.15) is 24.5 Å². The normalized spacial score (nSPS) is 10.6. The maximum absolute atomic E-state index is 11.8. The summed E-state index contributed by atoms with van der Waals surface area (Å²) in [6, 6.07) is 12.7. The van der Waals surface area contributed by atoms with Gasteiger partial charge in [0.05, 0.1) is 19.4 Å². The number of aryl methyl sites for hydroxylation is 1. The van der Waals surface area contributed by atoms with E-state index in [0.29, 0.717) is 17.9 Å². The number of phenols is 1. The average molecular weight is 341 g/mol. The van der Waals surface area contributed by atoms with E-state index in [9.17, 15) is 9.90 Å². The number of ether oxygens (including phenoxy) is 1. The molecule has 25 heavy (non-hydrogen) atoms. The number of hydrogen-bond acceptors (Lipinski definition) is 5. The Bertz CT molecular complexity index is 727. The van der Waals surface area contributed by atoms with Crippen molar-refractivity contribution < 1.29 is 14.6 Å². The van der Waals surface area contributed by atoms with Gasteiger partial charge in [0.2, 0.25) is 0 Å². The predicted octanol–water partition coefficient (Wildman–Crippen LogP) is 3.05. The molecule has 6 heteroatoms. The largest absolute Gasteiger partial charge is 0.507 e. The van der Waals surface area contributed by atoms with Crippen LogP contribution in [0.25, 0.3) is 0 Å². The molecule has 6 nitrogen and oxygen atoms in total. The Hall–Kier alpha value is -3.02. The van der Waals surface area contributed by atoms with E-state index in [-0.39, 0.29) is 18.2 Å². The average Bonchev–Trinajstić information content (AvgIpc) is 2.61. The van der Waals surface area contributed by atoms with E-state index in [2.05, 4.69) is 15.8 Å². The SMILES string of the molecule is CCCOc1ccc(/C=N/NC(=O)CNc2ccc(C)cc2)c(O)c1. The number of aromatic hydroxyl groups is 1. The van der Waals surface area contributed by atoms with Crippen LogP contribution in [0.5, 0.6) is 11.5 Å². The van der Waals surface area contributed by atoms with Gasteiger partial charge in [0.15, 0.2) is 0 Å². The Morgan fingerprint density at radius 3 is 2.68 bits per heavy atom. The van der Waals surface area contributed by atoms with Crippen molar-refractivity contribution in [2.24, 2.45) is 5.10 Å². The lowest BCUT2D eigenvalue weighted by molar-refractivity contribution is -0.119. The number of carbonyl (C=O) groups is 1. The molecule has 0 atom stereocenters. The Labute approximate surface area is 147 Å². The first-order valence-electron chi connectivity index (χ1n) is 8.16. The van der Waals surface area contributed by atoms with Gasteiger partial charge < -0.3 is 15.2 Å². The fourth-order valence-corrected chi connectivity index (χ4v) is 2.01. The number of rotatable bonds is 8. The highest BCUT2D eigenvalue weighted by Crippen LogP contribution is 2.22. The zero-order valence-corrected chi connectivity index (χ0v) is 14.5. The van der Waals surface area contributed by atoms with Gasteiger partial charge in [-0.1, -0.05) is 24.6 Å². The summed E-state index contributed by atoms with van der Waals surface area (Å²) in [6.45, 7) is 4.72. The van der Waals surface area contributed by atoms with Crippen LogP contribution in [0.2, 0.25) is 0 Å². The highest BCUT2D eigenvalue weighted by atomic mass is 16.5. The van der Waals surface area contributed by atoms with Gasteiger partial charge in [0, 0.05) is 17.3 Å². The number of phenolic OH excluding ortho intramolecular Hbond substituents is 1. The first-order valence-corrected chi connectivity index (χ1v) is 8.16. The molecule has 0 bridgehead atoms. The molecular formula is C19H23N3O3. The van der Waals surface area contributed by atoms with Crippen LogP contribution in [-0.2, 0) is 4.79 Å². The van der Waals surface area contributed by atoms with E-state index in [4.69, 9.17) is 4.74 Å². The first-order chi connectivity index (χ1) is 12.1. The van der Waals surface area contributed by atoms with Crippen LogP contribution < -0.4 is 15.5 Å². The minimum absolute atomic E-state index is 0.0457. The minimum Gasteiger partial charge on any atom is -0.507 e. The lowest BCUT2D eigenvalue weighted by Crippen LogP contribution is -2.25. The number of anilines is 1. The van der Waals surface area contributed by atoms with Crippen LogP contribution in [-0.4, -0.2) is 30.4 Å². The summed E-state index contributed by atoms with van der Waals surface area (Å²) < 4.78 is 5.43. The topological polar surface area (TPSA) is 83.0 Å². The molecule has 0 aliphatic carbocycles. The molecule has 0 aromatic heterocycles. The summed E-state index contributed by atoms with van der Waals surface area (Å²) in [5, 5.41) is 16.8. The standard InChI is InChI=1S/C19H23N3O3/c1-3-10-25-17-9-6-15(18(23)11-17)12-21-22-19(24)13-20-16-7-4-14(2)5-8-16/h4-9,11-12,20,23H,3,10,13H2,1-2H3,(H,22,24)/b21-12+. The molecule has 0 heterocycles. The summed E-state index contributed by atoms with van der Waals surface area (Å²) in [6.07, 6.45) is 2.29. The highest BCUT2D eigenvalue weighted by Gasteiger charge is 2.03. The van der Waals surface area contributed by atoms with E-state index in [0.717, 1.165) is 17.7 Å². The molecule has 0 fully saturated rings. The fourth-order valence-electron chi connectivity index (χ4n) is 2.01. The minimum atomic E-state index is -0.279. The van der Waals surface area contributed by atoms with Gasteiger partial charge in [-0.25, -0.2) is 5.43 Å². The third-order valence-corrected chi connectivity index (χ3v) is 3.37. The lowest BCUT2D eigenvalue weighted by atomic mass is 10.2. The van der Waals surface area contributed by atoms with Crippen molar-refractivity contribution >= 4 is 17.8 Å². The Morgan fingerprint density at radius 1 is 1.24 bits per heavy atom. The van der Waals surface area contributed by atoms with Gasteiger partial charge in [-0.05, 0) is 37.6 Å². The maximum atomic E-state index is 11.8. The molecule has 0 saturated heterocycles. The van der Waals surface area contributed by atoms with Gasteiger partial charge in [-0.15, -0.1) is 0 Å². The lowest BCUT2D eigenvalue weighted by Gasteiger charge is -2.07. The van der Waals surface area contributed by atoms with Crippen molar-refractivity contribution in [3.05, 3.63) is 53.6 Å². The highest BCUT2D eigenvalue weighted by molar-refractivity contribution is 5.86. The second kappa shape index (κ2) is 9.32. The quantitative estimate of drug-likeness (QED) is 0.509. The van der Waals surface area contributed by atoms with Crippen LogP contribution in [0.3, 0.4) is 0 Å². The smallest absolute Gasteiger partial charge is 0.259 e.